The number of hydrogen-bond donors (Lipinski definition) is 1. The van der Waals surface area contributed by atoms with Crippen LogP contribution in [0.4, 0.5) is 5.82 Å². The molecule has 0 unspecified atom stereocenters. The summed E-state index contributed by atoms with van der Waals surface area (Å²) in [4.78, 5) is 8.64. The zero-order valence-electron chi connectivity index (χ0n) is 20.8. The molecule has 0 radical (unpaired) electrons. The SMILES string of the molecule is CC(C)(C)SSCO[C@H]1C[C@H](n2cc(I)c3c(N)ncnc32)O[C@@H]1CO[Si](C)(C)C(C)(C)C. The first-order chi connectivity index (χ1) is 15.2. The molecule has 3 heterocycles. The van der Waals surface area contributed by atoms with Gasteiger partial charge in [-0.1, -0.05) is 63.1 Å². The highest BCUT2D eigenvalue weighted by Crippen LogP contribution is 2.41. The number of anilines is 1. The van der Waals surface area contributed by atoms with Gasteiger partial charge in [0.2, 0.25) is 0 Å². The number of nitrogens with two attached hydrogens (primary N) is 1. The van der Waals surface area contributed by atoms with E-state index in [2.05, 4.69) is 91.8 Å². The van der Waals surface area contributed by atoms with E-state index >= 15 is 0 Å². The number of nitrogens with zero attached hydrogens (tertiary/aromatic N) is 3. The Kier molecular flexibility index (Phi) is 8.77. The lowest BCUT2D eigenvalue weighted by molar-refractivity contribution is -0.0505. The Bertz CT molecular complexity index is 961. The molecule has 3 atom stereocenters. The van der Waals surface area contributed by atoms with Crippen LogP contribution < -0.4 is 5.73 Å². The summed E-state index contributed by atoms with van der Waals surface area (Å²) in [6.45, 7) is 18.5. The van der Waals surface area contributed by atoms with E-state index in [1.807, 2.05) is 17.0 Å². The monoisotopic (exact) mass is 624 g/mol. The molecule has 0 aromatic carbocycles. The first-order valence-electron chi connectivity index (χ1n) is 11.2. The Hall–Kier alpha value is -0.0531. The van der Waals surface area contributed by atoms with Crippen LogP contribution in [-0.4, -0.2) is 52.4 Å². The second kappa shape index (κ2) is 10.5. The lowest BCUT2D eigenvalue weighted by Gasteiger charge is -2.37. The Morgan fingerprint density at radius 3 is 2.58 bits per heavy atom. The predicted octanol–water partition coefficient (Wildman–Crippen LogP) is 6.45. The van der Waals surface area contributed by atoms with Crippen LogP contribution in [-0.2, 0) is 13.9 Å². The Labute approximate surface area is 220 Å². The third-order valence-corrected chi connectivity index (χ3v) is 14.4. The van der Waals surface area contributed by atoms with Crippen LogP contribution in [0.3, 0.4) is 0 Å². The zero-order valence-corrected chi connectivity index (χ0v) is 25.6. The van der Waals surface area contributed by atoms with Crippen molar-refractivity contribution in [3.8, 4) is 0 Å². The Morgan fingerprint density at radius 2 is 1.94 bits per heavy atom. The summed E-state index contributed by atoms with van der Waals surface area (Å²) >= 11 is 2.28. The lowest BCUT2D eigenvalue weighted by Crippen LogP contribution is -2.44. The number of rotatable bonds is 8. The second-order valence-corrected chi connectivity index (χ2v) is 20.0. The molecule has 1 aliphatic rings. The molecule has 0 saturated carbocycles. The molecule has 0 aliphatic carbocycles. The van der Waals surface area contributed by atoms with Crippen molar-refractivity contribution in [1.82, 2.24) is 14.5 Å². The van der Waals surface area contributed by atoms with E-state index in [4.69, 9.17) is 19.6 Å². The van der Waals surface area contributed by atoms with Gasteiger partial charge in [0, 0.05) is 20.9 Å². The average molecular weight is 625 g/mol. The van der Waals surface area contributed by atoms with Gasteiger partial charge in [-0.15, -0.1) is 0 Å². The van der Waals surface area contributed by atoms with E-state index in [9.17, 15) is 0 Å². The van der Waals surface area contributed by atoms with Crippen LogP contribution in [0.15, 0.2) is 12.5 Å². The lowest BCUT2D eigenvalue weighted by atomic mass is 10.2. The van der Waals surface area contributed by atoms with Gasteiger partial charge in [0.15, 0.2) is 8.32 Å². The minimum atomic E-state index is -1.90. The van der Waals surface area contributed by atoms with Gasteiger partial charge in [0.25, 0.3) is 0 Å². The molecule has 186 valence electrons. The van der Waals surface area contributed by atoms with Gasteiger partial charge in [-0.05, 0) is 40.7 Å². The summed E-state index contributed by atoms with van der Waals surface area (Å²) in [6.07, 6.45) is 3.89. The van der Waals surface area contributed by atoms with Crippen LogP contribution >= 0.6 is 44.2 Å². The highest BCUT2D eigenvalue weighted by molar-refractivity contribution is 14.1. The minimum absolute atomic E-state index is 0.0536. The molecular weight excluding hydrogens is 587 g/mol. The quantitative estimate of drug-likeness (QED) is 0.118. The smallest absolute Gasteiger partial charge is 0.192 e. The van der Waals surface area contributed by atoms with Crippen molar-refractivity contribution in [2.75, 3.05) is 18.3 Å². The average Bonchev–Trinajstić information content (AvgIpc) is 3.23. The molecule has 2 aromatic heterocycles. The van der Waals surface area contributed by atoms with Crippen LogP contribution in [0.1, 0.15) is 54.2 Å². The molecule has 1 fully saturated rings. The molecule has 2 aromatic rings. The number of fused-ring (bicyclic) bond motifs is 1. The van der Waals surface area contributed by atoms with E-state index in [1.165, 1.54) is 6.33 Å². The van der Waals surface area contributed by atoms with Gasteiger partial charge in [-0.2, -0.15) is 0 Å². The van der Waals surface area contributed by atoms with Crippen LogP contribution in [0, 0.1) is 3.57 Å². The molecule has 0 amide bonds. The zero-order chi connectivity index (χ0) is 24.6. The van der Waals surface area contributed by atoms with Crippen LogP contribution in [0.5, 0.6) is 0 Å². The number of nitrogen functional groups attached to an aromatic ring is 1. The fourth-order valence-electron chi connectivity index (χ4n) is 3.30. The summed E-state index contributed by atoms with van der Waals surface area (Å²) in [7, 11) is 1.67. The molecule has 11 heteroatoms. The second-order valence-electron chi connectivity index (χ2n) is 10.9. The normalized spacial score (nSPS) is 22.4. The van der Waals surface area contributed by atoms with Crippen LogP contribution in [0.2, 0.25) is 18.1 Å². The molecule has 0 bridgehead atoms. The van der Waals surface area contributed by atoms with Crippen molar-refractivity contribution in [2.45, 2.75) is 89.3 Å². The summed E-state index contributed by atoms with van der Waals surface area (Å²) in [5.74, 6) is 1.10. The largest absolute Gasteiger partial charge is 0.414 e. The van der Waals surface area contributed by atoms with E-state index in [-0.39, 0.29) is 28.2 Å². The highest BCUT2D eigenvalue weighted by Gasteiger charge is 2.42. The fourth-order valence-corrected chi connectivity index (χ4v) is 7.14. The maximum absolute atomic E-state index is 6.54. The van der Waals surface area contributed by atoms with Gasteiger partial charge >= 0.3 is 0 Å². The van der Waals surface area contributed by atoms with Crippen LogP contribution in [0.25, 0.3) is 11.0 Å². The molecular formula is C22H37IN4O3S2Si. The molecule has 33 heavy (non-hydrogen) atoms. The summed E-state index contributed by atoms with van der Waals surface area (Å²) in [5.41, 5.74) is 6.91. The third kappa shape index (κ3) is 6.79. The Morgan fingerprint density at radius 1 is 1.24 bits per heavy atom. The van der Waals surface area contributed by atoms with E-state index in [1.54, 1.807) is 10.8 Å². The van der Waals surface area contributed by atoms with Crippen molar-refractivity contribution in [1.29, 1.82) is 0 Å². The van der Waals surface area contributed by atoms with Crippen molar-refractivity contribution < 1.29 is 13.9 Å². The van der Waals surface area contributed by atoms with Gasteiger partial charge in [-0.25, -0.2) is 9.97 Å². The predicted molar refractivity (Wildman–Crippen MR) is 151 cm³/mol. The summed E-state index contributed by atoms with van der Waals surface area (Å²) < 4.78 is 22.7. The maximum Gasteiger partial charge on any atom is 0.192 e. The number of aromatic nitrogens is 3. The van der Waals surface area contributed by atoms with E-state index in [0.29, 0.717) is 18.4 Å². The van der Waals surface area contributed by atoms with Gasteiger partial charge in [0.05, 0.1) is 18.1 Å². The van der Waals surface area contributed by atoms with Gasteiger partial charge < -0.3 is 24.2 Å². The molecule has 2 N–H and O–H groups in total. The van der Waals surface area contributed by atoms with E-state index in [0.717, 1.165) is 21.0 Å². The van der Waals surface area contributed by atoms with Crippen molar-refractivity contribution in [3.05, 3.63) is 16.1 Å². The Balaban J connectivity index is 1.77. The van der Waals surface area contributed by atoms with Crippen molar-refractivity contribution in [3.63, 3.8) is 0 Å². The molecule has 1 aliphatic heterocycles. The first kappa shape index (κ1) is 27.5. The fraction of sp³-hybridized carbons (Fsp3) is 0.727. The molecule has 1 saturated heterocycles. The third-order valence-electron chi connectivity index (χ3n) is 6.14. The van der Waals surface area contributed by atoms with Crippen molar-refractivity contribution in [2.24, 2.45) is 0 Å². The molecule has 0 spiro atoms. The first-order valence-corrected chi connectivity index (χ1v) is 17.5. The molecule has 7 nitrogen and oxygen atoms in total. The topological polar surface area (TPSA) is 84.4 Å². The molecule has 3 rings (SSSR count). The maximum atomic E-state index is 6.54. The summed E-state index contributed by atoms with van der Waals surface area (Å²) in [5, 5.41) is 1.01. The number of hydrogen-bond acceptors (Lipinski definition) is 8. The van der Waals surface area contributed by atoms with Crippen molar-refractivity contribution >= 4 is 69.3 Å². The van der Waals surface area contributed by atoms with Gasteiger partial charge in [0.1, 0.15) is 36.1 Å². The number of halogens is 1. The van der Waals surface area contributed by atoms with Gasteiger partial charge in [-0.3, -0.25) is 0 Å². The minimum Gasteiger partial charge on any atom is -0.414 e. The highest BCUT2D eigenvalue weighted by atomic mass is 127. The number of ether oxygens (including phenoxy) is 2. The summed E-state index contributed by atoms with van der Waals surface area (Å²) in [6, 6.07) is 0. The standard InChI is InChI=1S/C22H37IN4O3S2Si/c1-21(2,3)32-31-13-28-15-9-17(30-16(15)11-29-33(7,8)22(4,5)6)27-10-14(23)18-19(24)25-12-26-20(18)27/h10,12,15-17H,9,11,13H2,1-8H3,(H2,24,25,26)/t15-,16+,17+/m0/s1. The van der Waals surface area contributed by atoms with E-state index < -0.39 is 8.32 Å².